The molecule has 3 aliphatic rings. The van der Waals surface area contributed by atoms with Gasteiger partial charge < -0.3 is 4.74 Å². The average Bonchev–Trinajstić information content (AvgIpc) is 2.07. The number of hydrogen-bond donors (Lipinski definition) is 0. The molecule has 0 spiro atoms. The zero-order valence-electron chi connectivity index (χ0n) is 7.90. The molecule has 13 heavy (non-hydrogen) atoms. The van der Waals surface area contributed by atoms with Crippen LogP contribution in [0.4, 0.5) is 0 Å². The fourth-order valence-corrected chi connectivity index (χ4v) is 1.70. The van der Waals surface area contributed by atoms with Gasteiger partial charge in [0.05, 0.1) is 19.1 Å². The maximum atomic E-state index is 5.26. The lowest BCUT2D eigenvalue weighted by molar-refractivity contribution is 0.377. The Morgan fingerprint density at radius 3 is 2.85 bits per heavy atom. The van der Waals surface area contributed by atoms with E-state index in [1.807, 2.05) is 6.08 Å². The standard InChI is InChI=1S/C11H13NO/c1-8-7-9-5-3-4-6-10(8)11(12-9)13-2/h3-7,9-10H,1-2H3/t9-,10-/m0/s1. The molecule has 0 unspecified atom stereocenters. The second-order valence-corrected chi connectivity index (χ2v) is 3.32. The van der Waals surface area contributed by atoms with Gasteiger partial charge in [-0.2, -0.15) is 0 Å². The molecule has 2 aliphatic heterocycles. The second kappa shape index (κ2) is 3.21. The Morgan fingerprint density at radius 1 is 1.31 bits per heavy atom. The molecule has 2 atom stereocenters. The third kappa shape index (κ3) is 1.44. The summed E-state index contributed by atoms with van der Waals surface area (Å²) in [6.45, 7) is 2.12. The smallest absolute Gasteiger partial charge is 0.195 e. The molecule has 0 aromatic rings. The minimum atomic E-state index is 0.163. The SMILES string of the molecule is COC1=N[C@H]2C=CC=C[C@H]1C(C)=C2. The van der Waals surface area contributed by atoms with Crippen molar-refractivity contribution >= 4 is 5.90 Å². The van der Waals surface area contributed by atoms with Crippen molar-refractivity contribution in [1.29, 1.82) is 0 Å². The molecule has 0 saturated heterocycles. The van der Waals surface area contributed by atoms with Gasteiger partial charge in [-0.25, -0.2) is 4.99 Å². The highest BCUT2D eigenvalue weighted by atomic mass is 16.5. The van der Waals surface area contributed by atoms with Crippen molar-refractivity contribution in [3.8, 4) is 0 Å². The van der Waals surface area contributed by atoms with Crippen LogP contribution in [0.5, 0.6) is 0 Å². The molecule has 2 heterocycles. The Labute approximate surface area is 78.3 Å². The molecule has 0 amide bonds. The summed E-state index contributed by atoms with van der Waals surface area (Å²) in [5.74, 6) is 1.07. The summed E-state index contributed by atoms with van der Waals surface area (Å²) in [5.41, 5.74) is 1.32. The lowest BCUT2D eigenvalue weighted by atomic mass is 9.93. The first-order chi connectivity index (χ1) is 6.31. The number of methoxy groups -OCH3 is 1. The van der Waals surface area contributed by atoms with E-state index in [1.165, 1.54) is 5.57 Å². The summed E-state index contributed by atoms with van der Waals surface area (Å²) in [6.07, 6.45) is 10.4. The van der Waals surface area contributed by atoms with Crippen LogP contribution in [-0.4, -0.2) is 19.0 Å². The van der Waals surface area contributed by atoms with Crippen LogP contribution in [0.15, 0.2) is 40.9 Å². The molecule has 0 fully saturated rings. The number of hydrogen-bond acceptors (Lipinski definition) is 2. The molecule has 1 aliphatic carbocycles. The molecule has 68 valence electrons. The minimum Gasteiger partial charge on any atom is -0.484 e. The van der Waals surface area contributed by atoms with Gasteiger partial charge in [-0.3, -0.25) is 0 Å². The van der Waals surface area contributed by atoms with Gasteiger partial charge in [-0.05, 0) is 6.92 Å². The van der Waals surface area contributed by atoms with Crippen LogP contribution in [0.25, 0.3) is 0 Å². The highest BCUT2D eigenvalue weighted by molar-refractivity contribution is 5.85. The molecule has 0 saturated carbocycles. The van der Waals surface area contributed by atoms with Gasteiger partial charge in [0.25, 0.3) is 0 Å². The molecular weight excluding hydrogens is 162 g/mol. The van der Waals surface area contributed by atoms with E-state index in [9.17, 15) is 0 Å². The third-order valence-corrected chi connectivity index (χ3v) is 2.40. The predicted molar refractivity (Wildman–Crippen MR) is 53.8 cm³/mol. The number of rotatable bonds is 0. The molecule has 0 N–H and O–H groups in total. The molecular formula is C11H13NO. The third-order valence-electron chi connectivity index (χ3n) is 2.40. The molecule has 0 aromatic carbocycles. The van der Waals surface area contributed by atoms with Crippen molar-refractivity contribution in [1.82, 2.24) is 0 Å². The first kappa shape index (κ1) is 8.30. The quantitative estimate of drug-likeness (QED) is 0.517. The molecule has 0 aromatic heterocycles. The highest BCUT2D eigenvalue weighted by Gasteiger charge is 2.22. The summed E-state index contributed by atoms with van der Waals surface area (Å²) in [4.78, 5) is 4.45. The number of aliphatic imine (C=N–C) groups is 1. The molecule has 2 nitrogen and oxygen atoms in total. The zero-order chi connectivity index (χ0) is 9.26. The summed E-state index contributed by atoms with van der Waals surface area (Å²) >= 11 is 0. The van der Waals surface area contributed by atoms with Crippen molar-refractivity contribution in [3.63, 3.8) is 0 Å². The van der Waals surface area contributed by atoms with Crippen molar-refractivity contribution in [2.24, 2.45) is 10.9 Å². The van der Waals surface area contributed by atoms with Crippen LogP contribution in [0, 0.1) is 5.92 Å². The number of fused-ring (bicyclic) bond motifs is 1. The fourth-order valence-electron chi connectivity index (χ4n) is 1.70. The summed E-state index contributed by atoms with van der Waals surface area (Å²) in [5, 5.41) is 0. The summed E-state index contributed by atoms with van der Waals surface area (Å²) < 4.78 is 5.26. The van der Waals surface area contributed by atoms with Crippen LogP contribution in [0.3, 0.4) is 0 Å². The fraction of sp³-hybridized carbons (Fsp3) is 0.364. The monoisotopic (exact) mass is 175 g/mol. The Morgan fingerprint density at radius 2 is 2.08 bits per heavy atom. The lowest BCUT2D eigenvalue weighted by Crippen LogP contribution is -2.23. The van der Waals surface area contributed by atoms with E-state index in [1.54, 1.807) is 7.11 Å². The lowest BCUT2D eigenvalue weighted by Gasteiger charge is -2.23. The van der Waals surface area contributed by atoms with E-state index in [4.69, 9.17) is 4.74 Å². The number of ether oxygens (including phenoxy) is 1. The Hall–Kier alpha value is -1.31. The van der Waals surface area contributed by atoms with Gasteiger partial charge in [0.15, 0.2) is 5.90 Å². The van der Waals surface area contributed by atoms with E-state index < -0.39 is 0 Å². The van der Waals surface area contributed by atoms with Gasteiger partial charge in [-0.1, -0.05) is 36.0 Å². The van der Waals surface area contributed by atoms with E-state index in [2.05, 4.69) is 36.2 Å². The largest absolute Gasteiger partial charge is 0.484 e. The van der Waals surface area contributed by atoms with Gasteiger partial charge in [0.2, 0.25) is 0 Å². The Bertz CT molecular complexity index is 323. The van der Waals surface area contributed by atoms with E-state index in [-0.39, 0.29) is 12.0 Å². The van der Waals surface area contributed by atoms with Gasteiger partial charge in [0.1, 0.15) is 0 Å². The van der Waals surface area contributed by atoms with Crippen molar-refractivity contribution in [3.05, 3.63) is 36.0 Å². The van der Waals surface area contributed by atoms with Crippen LogP contribution < -0.4 is 0 Å². The average molecular weight is 175 g/mol. The predicted octanol–water partition coefficient (Wildman–Crippen LogP) is 2.10. The molecule has 0 radical (unpaired) electrons. The minimum absolute atomic E-state index is 0.163. The Kier molecular flexibility index (Phi) is 2.05. The molecule has 2 heteroatoms. The molecule has 2 bridgehead atoms. The van der Waals surface area contributed by atoms with Crippen LogP contribution >= 0.6 is 0 Å². The van der Waals surface area contributed by atoms with Crippen molar-refractivity contribution in [2.75, 3.05) is 7.11 Å². The van der Waals surface area contributed by atoms with Crippen molar-refractivity contribution < 1.29 is 4.74 Å². The number of allylic oxidation sites excluding steroid dienone is 2. The zero-order valence-corrected chi connectivity index (χ0v) is 7.90. The van der Waals surface area contributed by atoms with E-state index in [0.717, 1.165) is 5.90 Å². The molecule has 3 rings (SSSR count). The second-order valence-electron chi connectivity index (χ2n) is 3.32. The van der Waals surface area contributed by atoms with E-state index in [0.29, 0.717) is 0 Å². The van der Waals surface area contributed by atoms with Crippen molar-refractivity contribution in [2.45, 2.75) is 13.0 Å². The first-order valence-electron chi connectivity index (χ1n) is 4.46. The maximum Gasteiger partial charge on any atom is 0.195 e. The van der Waals surface area contributed by atoms with Gasteiger partial charge in [-0.15, -0.1) is 0 Å². The first-order valence-corrected chi connectivity index (χ1v) is 4.46. The normalized spacial score (nSPS) is 30.6. The maximum absolute atomic E-state index is 5.26. The topological polar surface area (TPSA) is 21.6 Å². The number of dihydropyridines is 1. The highest BCUT2D eigenvalue weighted by Crippen LogP contribution is 2.24. The Balaban J connectivity index is 2.43. The van der Waals surface area contributed by atoms with Crippen LogP contribution in [0.2, 0.25) is 0 Å². The summed E-state index contributed by atoms with van der Waals surface area (Å²) in [6, 6.07) is 0.163. The van der Waals surface area contributed by atoms with E-state index >= 15 is 0 Å². The van der Waals surface area contributed by atoms with Crippen LogP contribution in [0.1, 0.15) is 6.92 Å². The van der Waals surface area contributed by atoms with Gasteiger partial charge >= 0.3 is 0 Å². The summed E-state index contributed by atoms with van der Waals surface area (Å²) in [7, 11) is 1.68. The number of nitrogens with zero attached hydrogens (tertiary/aromatic N) is 1. The van der Waals surface area contributed by atoms with Crippen LogP contribution in [-0.2, 0) is 4.74 Å². The van der Waals surface area contributed by atoms with Gasteiger partial charge in [0, 0.05) is 0 Å².